The standard InChI is InChI=1S/C14H12Cl3N3O2S/c15-14(16,17)11(21)18-12(22)20-10(9-4-2-1-3-5-9)8-19-6-7-23-13(19)20/h1-5,10H,6-8H2/p+1. The molecule has 3 amide bonds. The molecule has 0 spiro atoms. The molecule has 1 unspecified atom stereocenters. The van der Waals surface area contributed by atoms with Crippen LogP contribution >= 0.6 is 46.6 Å². The smallest absolute Gasteiger partial charge is 0.270 e. The molecule has 0 bridgehead atoms. The van der Waals surface area contributed by atoms with Crippen LogP contribution in [0.25, 0.3) is 0 Å². The van der Waals surface area contributed by atoms with Gasteiger partial charge in [-0.1, -0.05) is 65.1 Å². The van der Waals surface area contributed by atoms with Gasteiger partial charge in [-0.2, -0.15) is 4.90 Å². The Bertz CT molecular complexity index is 676. The normalized spacial score (nSPS) is 20.7. The second-order valence-electron chi connectivity index (χ2n) is 5.13. The van der Waals surface area contributed by atoms with Gasteiger partial charge in [0.25, 0.3) is 9.70 Å². The van der Waals surface area contributed by atoms with Crippen molar-refractivity contribution in [2.24, 2.45) is 0 Å². The average Bonchev–Trinajstić information content (AvgIpc) is 3.07. The molecule has 5 nitrogen and oxygen atoms in total. The van der Waals surface area contributed by atoms with Crippen LogP contribution in [0.1, 0.15) is 11.6 Å². The molecule has 0 aliphatic carbocycles. The van der Waals surface area contributed by atoms with Crippen LogP contribution in [0.5, 0.6) is 0 Å². The molecule has 23 heavy (non-hydrogen) atoms. The summed E-state index contributed by atoms with van der Waals surface area (Å²) in [6.07, 6.45) is 0. The van der Waals surface area contributed by atoms with E-state index in [1.807, 2.05) is 30.3 Å². The molecule has 0 radical (unpaired) electrons. The lowest BCUT2D eigenvalue weighted by Gasteiger charge is -2.19. The summed E-state index contributed by atoms with van der Waals surface area (Å²) in [4.78, 5) is 25.9. The van der Waals surface area contributed by atoms with E-state index in [-0.39, 0.29) is 6.04 Å². The summed E-state index contributed by atoms with van der Waals surface area (Å²) in [6.45, 7) is 1.55. The van der Waals surface area contributed by atoms with Gasteiger partial charge < -0.3 is 0 Å². The zero-order chi connectivity index (χ0) is 16.6. The minimum atomic E-state index is -2.18. The van der Waals surface area contributed by atoms with E-state index in [4.69, 9.17) is 34.8 Å². The van der Waals surface area contributed by atoms with Crippen molar-refractivity contribution in [2.75, 3.05) is 18.8 Å². The van der Waals surface area contributed by atoms with Crippen LogP contribution in [-0.2, 0) is 4.79 Å². The van der Waals surface area contributed by atoms with Gasteiger partial charge in [-0.25, -0.2) is 4.79 Å². The number of carbonyl (C=O) groups excluding carboxylic acids is 2. The summed E-state index contributed by atoms with van der Waals surface area (Å²) in [7, 11) is 0. The molecule has 1 N–H and O–H groups in total. The molecule has 1 aromatic carbocycles. The first kappa shape index (κ1) is 16.9. The van der Waals surface area contributed by atoms with Gasteiger partial charge in [-0.15, -0.1) is 0 Å². The van der Waals surface area contributed by atoms with Crippen molar-refractivity contribution in [3.63, 3.8) is 0 Å². The number of benzene rings is 1. The monoisotopic (exact) mass is 392 g/mol. The Kier molecular flexibility index (Phi) is 4.78. The molecule has 0 saturated carbocycles. The van der Waals surface area contributed by atoms with Gasteiger partial charge in [0.15, 0.2) is 6.04 Å². The largest absolute Gasteiger partial charge is 0.416 e. The van der Waals surface area contributed by atoms with Gasteiger partial charge in [0.2, 0.25) is 0 Å². The van der Waals surface area contributed by atoms with Gasteiger partial charge in [-0.3, -0.25) is 14.7 Å². The van der Waals surface area contributed by atoms with Crippen molar-refractivity contribution in [3.05, 3.63) is 35.9 Å². The Balaban J connectivity index is 1.86. The third-order valence-electron chi connectivity index (χ3n) is 3.66. The molecule has 0 saturated heterocycles. The van der Waals surface area contributed by atoms with Crippen LogP contribution in [0, 0.1) is 0 Å². The Morgan fingerprint density at radius 3 is 2.61 bits per heavy atom. The van der Waals surface area contributed by atoms with Crippen LogP contribution in [0.15, 0.2) is 30.3 Å². The first-order valence-corrected chi connectivity index (χ1v) is 9.01. The fraction of sp³-hybridized carbons (Fsp3) is 0.357. The Hall–Kier alpha value is -0.950. The van der Waals surface area contributed by atoms with Crippen molar-refractivity contribution >= 4 is 63.7 Å². The number of alkyl halides is 3. The molecule has 0 aromatic heterocycles. The Labute approximate surface area is 152 Å². The molecule has 2 aliphatic rings. The minimum Gasteiger partial charge on any atom is -0.270 e. The Morgan fingerprint density at radius 1 is 1.26 bits per heavy atom. The first-order valence-electron chi connectivity index (χ1n) is 6.89. The number of hydrogen-bond donors (Lipinski definition) is 1. The number of nitrogens with one attached hydrogen (secondary N) is 1. The van der Waals surface area contributed by atoms with Crippen molar-refractivity contribution < 1.29 is 14.2 Å². The van der Waals surface area contributed by atoms with E-state index in [0.717, 1.165) is 23.0 Å². The van der Waals surface area contributed by atoms with Crippen LogP contribution in [-0.4, -0.2) is 49.2 Å². The molecule has 1 atom stereocenters. The second-order valence-corrected chi connectivity index (χ2v) is 8.47. The molecule has 9 heteroatoms. The van der Waals surface area contributed by atoms with E-state index >= 15 is 0 Å². The third kappa shape index (κ3) is 3.45. The number of urea groups is 1. The van der Waals surface area contributed by atoms with Crippen molar-refractivity contribution in [1.29, 1.82) is 0 Å². The number of imide groups is 1. The highest BCUT2D eigenvalue weighted by molar-refractivity contribution is 8.13. The number of carbonyl (C=O) groups is 2. The Morgan fingerprint density at radius 2 is 1.96 bits per heavy atom. The number of amides is 3. The number of rotatable bonds is 1. The molecule has 3 rings (SSSR count). The zero-order valence-electron chi connectivity index (χ0n) is 11.8. The number of hydrogen-bond acceptors (Lipinski definition) is 3. The van der Waals surface area contributed by atoms with E-state index in [2.05, 4.69) is 9.89 Å². The maximum atomic E-state index is 12.6. The maximum absolute atomic E-state index is 12.6. The molecular weight excluding hydrogens is 381 g/mol. The van der Waals surface area contributed by atoms with E-state index in [1.54, 1.807) is 16.7 Å². The van der Waals surface area contributed by atoms with Crippen molar-refractivity contribution in [3.8, 4) is 0 Å². The van der Waals surface area contributed by atoms with Crippen LogP contribution in [0.3, 0.4) is 0 Å². The molecule has 2 heterocycles. The SMILES string of the molecule is O=C(NC(=O)C(Cl)(Cl)Cl)N1C2=[N+](CCS2)CC1c1ccccc1. The van der Waals surface area contributed by atoms with Gasteiger partial charge in [0.1, 0.15) is 6.54 Å². The van der Waals surface area contributed by atoms with Crippen molar-refractivity contribution in [1.82, 2.24) is 10.2 Å². The van der Waals surface area contributed by atoms with E-state index in [1.165, 1.54) is 0 Å². The first-order chi connectivity index (χ1) is 10.9. The van der Waals surface area contributed by atoms with Gasteiger partial charge >= 0.3 is 11.2 Å². The van der Waals surface area contributed by atoms with E-state index in [9.17, 15) is 9.59 Å². The number of amidine groups is 1. The van der Waals surface area contributed by atoms with Crippen LogP contribution in [0.4, 0.5) is 4.79 Å². The third-order valence-corrected chi connectivity index (χ3v) is 5.27. The highest BCUT2D eigenvalue weighted by Crippen LogP contribution is 2.33. The molecule has 122 valence electrons. The van der Waals surface area contributed by atoms with Crippen LogP contribution < -0.4 is 5.32 Å². The second kappa shape index (κ2) is 6.51. The summed E-state index contributed by atoms with van der Waals surface area (Å²) >= 11 is 18.2. The summed E-state index contributed by atoms with van der Waals surface area (Å²) < 4.78 is -0.0491. The summed E-state index contributed by atoms with van der Waals surface area (Å²) in [5.41, 5.74) is 0.992. The number of halogens is 3. The van der Waals surface area contributed by atoms with Crippen LogP contribution in [0.2, 0.25) is 0 Å². The average molecular weight is 394 g/mol. The lowest BCUT2D eigenvalue weighted by atomic mass is 10.1. The highest BCUT2D eigenvalue weighted by Gasteiger charge is 2.49. The number of thioether (sulfide) groups is 1. The summed E-state index contributed by atoms with van der Waals surface area (Å²) in [6, 6.07) is 8.89. The van der Waals surface area contributed by atoms with Gasteiger partial charge in [0.05, 0.1) is 6.54 Å². The lowest BCUT2D eigenvalue weighted by molar-refractivity contribution is -0.511. The minimum absolute atomic E-state index is 0.179. The quantitative estimate of drug-likeness (QED) is 0.589. The highest BCUT2D eigenvalue weighted by atomic mass is 35.6. The predicted octanol–water partition coefficient (Wildman–Crippen LogP) is 2.77. The molecule has 0 fully saturated rings. The lowest BCUT2D eigenvalue weighted by Crippen LogP contribution is -2.48. The van der Waals surface area contributed by atoms with E-state index < -0.39 is 15.7 Å². The van der Waals surface area contributed by atoms with Gasteiger partial charge in [0, 0.05) is 11.3 Å². The molecule has 2 aliphatic heterocycles. The topological polar surface area (TPSA) is 52.4 Å². The maximum Gasteiger partial charge on any atom is 0.416 e. The predicted molar refractivity (Wildman–Crippen MR) is 92.3 cm³/mol. The zero-order valence-corrected chi connectivity index (χ0v) is 14.9. The number of nitrogens with zero attached hydrogens (tertiary/aromatic N) is 2. The van der Waals surface area contributed by atoms with Gasteiger partial charge in [-0.05, 0) is 11.8 Å². The molecular formula is C14H13Cl3N3O2S+. The summed E-state index contributed by atoms with van der Waals surface area (Å²) in [5.74, 6) is -0.0553. The summed E-state index contributed by atoms with van der Waals surface area (Å²) in [5, 5.41) is 2.99. The fourth-order valence-electron chi connectivity index (χ4n) is 2.64. The van der Waals surface area contributed by atoms with E-state index in [0.29, 0.717) is 6.54 Å². The molecule has 1 aromatic rings. The van der Waals surface area contributed by atoms with Crippen molar-refractivity contribution in [2.45, 2.75) is 9.83 Å². The fourth-order valence-corrected chi connectivity index (χ4v) is 3.97.